The second kappa shape index (κ2) is 5.02. The molecule has 88 valence electrons. The van der Waals surface area contributed by atoms with Gasteiger partial charge in [0.2, 0.25) is 0 Å². The lowest BCUT2D eigenvalue weighted by Crippen LogP contribution is -2.10. The van der Waals surface area contributed by atoms with Crippen molar-refractivity contribution in [3.8, 4) is 11.4 Å². The molecule has 0 spiro atoms. The summed E-state index contributed by atoms with van der Waals surface area (Å²) in [5.41, 5.74) is 1.39. The standard InChI is InChI=1S/C12H10BrClN2O/c1-2-8-6-11(17)16-12(15-8)9-5-7(14)3-4-10(9)13/h3-6H,2H2,1H3,(H,15,16,17). The second-order valence-electron chi connectivity index (χ2n) is 3.56. The van der Waals surface area contributed by atoms with Gasteiger partial charge in [-0.2, -0.15) is 0 Å². The summed E-state index contributed by atoms with van der Waals surface area (Å²) < 4.78 is 0.846. The fourth-order valence-electron chi connectivity index (χ4n) is 1.50. The molecule has 0 fully saturated rings. The van der Waals surface area contributed by atoms with Crippen LogP contribution in [0.2, 0.25) is 5.02 Å². The van der Waals surface area contributed by atoms with E-state index in [-0.39, 0.29) is 5.56 Å². The minimum Gasteiger partial charge on any atom is -0.306 e. The molecule has 3 nitrogen and oxygen atoms in total. The fourth-order valence-corrected chi connectivity index (χ4v) is 2.10. The van der Waals surface area contributed by atoms with E-state index in [0.29, 0.717) is 10.8 Å². The van der Waals surface area contributed by atoms with Gasteiger partial charge in [0, 0.05) is 26.8 Å². The molecule has 0 saturated carbocycles. The first kappa shape index (κ1) is 12.3. The highest BCUT2D eigenvalue weighted by atomic mass is 79.9. The van der Waals surface area contributed by atoms with Crippen LogP contribution in [0.25, 0.3) is 11.4 Å². The number of halogens is 2. The number of nitrogens with zero attached hydrogens (tertiary/aromatic N) is 1. The largest absolute Gasteiger partial charge is 0.306 e. The summed E-state index contributed by atoms with van der Waals surface area (Å²) in [4.78, 5) is 18.6. The number of nitrogens with one attached hydrogen (secondary N) is 1. The van der Waals surface area contributed by atoms with Crippen LogP contribution in [-0.4, -0.2) is 9.97 Å². The van der Waals surface area contributed by atoms with Crippen molar-refractivity contribution in [2.45, 2.75) is 13.3 Å². The first-order valence-corrected chi connectivity index (χ1v) is 6.33. The number of aromatic nitrogens is 2. The summed E-state index contributed by atoms with van der Waals surface area (Å²) >= 11 is 9.36. The number of aryl methyl sites for hydroxylation is 1. The molecule has 17 heavy (non-hydrogen) atoms. The van der Waals surface area contributed by atoms with Crippen LogP contribution >= 0.6 is 27.5 Å². The number of rotatable bonds is 2. The lowest BCUT2D eigenvalue weighted by molar-refractivity contribution is 0.986. The number of hydrogen-bond donors (Lipinski definition) is 1. The third-order valence-corrected chi connectivity index (χ3v) is 3.27. The Morgan fingerprint density at radius 2 is 2.18 bits per heavy atom. The van der Waals surface area contributed by atoms with E-state index in [9.17, 15) is 4.79 Å². The SMILES string of the molecule is CCc1cc(=O)[nH]c(-c2cc(Cl)ccc2Br)n1. The quantitative estimate of drug-likeness (QED) is 0.923. The number of benzene rings is 1. The molecule has 0 saturated heterocycles. The summed E-state index contributed by atoms with van der Waals surface area (Å²) in [5.74, 6) is 0.531. The summed E-state index contributed by atoms with van der Waals surface area (Å²) in [5, 5.41) is 0.604. The van der Waals surface area contributed by atoms with Crippen molar-refractivity contribution in [2.75, 3.05) is 0 Å². The molecule has 2 rings (SSSR count). The number of H-pyrrole nitrogens is 1. The van der Waals surface area contributed by atoms with Crippen LogP contribution in [0.15, 0.2) is 33.5 Å². The van der Waals surface area contributed by atoms with Crippen LogP contribution in [0, 0.1) is 0 Å². The molecule has 2 aromatic rings. The maximum absolute atomic E-state index is 11.5. The van der Waals surface area contributed by atoms with E-state index in [4.69, 9.17) is 11.6 Å². The lowest BCUT2D eigenvalue weighted by atomic mass is 10.2. The summed E-state index contributed by atoms with van der Waals surface area (Å²) in [6, 6.07) is 6.87. The van der Waals surface area contributed by atoms with Gasteiger partial charge in [0.05, 0.1) is 0 Å². The zero-order valence-electron chi connectivity index (χ0n) is 9.13. The monoisotopic (exact) mass is 312 g/mol. The molecule has 0 aliphatic carbocycles. The highest BCUT2D eigenvalue weighted by Gasteiger charge is 2.07. The van der Waals surface area contributed by atoms with E-state index < -0.39 is 0 Å². The molecule has 1 aromatic carbocycles. The molecule has 5 heteroatoms. The minimum absolute atomic E-state index is 0.154. The zero-order chi connectivity index (χ0) is 12.4. The highest BCUT2D eigenvalue weighted by Crippen LogP contribution is 2.28. The van der Waals surface area contributed by atoms with Crippen LogP contribution in [0.1, 0.15) is 12.6 Å². The second-order valence-corrected chi connectivity index (χ2v) is 4.85. The van der Waals surface area contributed by atoms with E-state index >= 15 is 0 Å². The Balaban J connectivity index is 2.63. The molecule has 1 aromatic heterocycles. The van der Waals surface area contributed by atoms with Crippen molar-refractivity contribution in [1.29, 1.82) is 0 Å². The molecule has 0 aliphatic heterocycles. The van der Waals surface area contributed by atoms with Gasteiger partial charge >= 0.3 is 0 Å². The topological polar surface area (TPSA) is 45.8 Å². The van der Waals surface area contributed by atoms with E-state index in [0.717, 1.165) is 22.2 Å². The fraction of sp³-hybridized carbons (Fsp3) is 0.167. The Kier molecular flexibility index (Phi) is 3.64. The van der Waals surface area contributed by atoms with Crippen molar-refractivity contribution >= 4 is 27.5 Å². The maximum atomic E-state index is 11.5. The molecule has 1 heterocycles. The molecule has 1 N–H and O–H groups in total. The van der Waals surface area contributed by atoms with E-state index in [1.54, 1.807) is 12.1 Å². The maximum Gasteiger partial charge on any atom is 0.251 e. The van der Waals surface area contributed by atoms with Gasteiger partial charge in [-0.1, -0.05) is 34.5 Å². The van der Waals surface area contributed by atoms with E-state index in [1.165, 1.54) is 6.07 Å². The van der Waals surface area contributed by atoms with Crippen LogP contribution in [-0.2, 0) is 6.42 Å². The van der Waals surface area contributed by atoms with Gasteiger partial charge in [-0.25, -0.2) is 4.98 Å². The molecular formula is C12H10BrClN2O. The third-order valence-electron chi connectivity index (χ3n) is 2.34. The molecular weight excluding hydrogens is 304 g/mol. The summed E-state index contributed by atoms with van der Waals surface area (Å²) in [6.07, 6.45) is 0.717. The van der Waals surface area contributed by atoms with Crippen molar-refractivity contribution in [3.05, 3.63) is 49.8 Å². The van der Waals surface area contributed by atoms with Crippen LogP contribution < -0.4 is 5.56 Å². The molecule has 0 aliphatic rings. The third kappa shape index (κ3) is 2.76. The minimum atomic E-state index is -0.154. The zero-order valence-corrected chi connectivity index (χ0v) is 11.5. The van der Waals surface area contributed by atoms with Crippen molar-refractivity contribution in [3.63, 3.8) is 0 Å². The van der Waals surface area contributed by atoms with Gasteiger partial charge in [-0.15, -0.1) is 0 Å². The van der Waals surface area contributed by atoms with Gasteiger partial charge in [-0.05, 0) is 24.6 Å². The van der Waals surface area contributed by atoms with Gasteiger partial charge in [0.1, 0.15) is 5.82 Å². The Morgan fingerprint density at radius 1 is 1.41 bits per heavy atom. The Labute approximate surface area is 112 Å². The predicted molar refractivity (Wildman–Crippen MR) is 72.4 cm³/mol. The molecule has 0 atom stereocenters. The van der Waals surface area contributed by atoms with E-state index in [1.807, 2.05) is 13.0 Å². The summed E-state index contributed by atoms with van der Waals surface area (Å²) in [6.45, 7) is 1.96. The average Bonchev–Trinajstić information content (AvgIpc) is 2.31. The highest BCUT2D eigenvalue weighted by molar-refractivity contribution is 9.10. The van der Waals surface area contributed by atoms with Gasteiger partial charge < -0.3 is 4.98 Å². The Morgan fingerprint density at radius 3 is 2.88 bits per heavy atom. The Bertz CT molecular complexity index is 610. The molecule has 0 bridgehead atoms. The van der Waals surface area contributed by atoms with Gasteiger partial charge in [-0.3, -0.25) is 4.79 Å². The normalized spacial score (nSPS) is 10.5. The van der Waals surface area contributed by atoms with Crippen molar-refractivity contribution in [1.82, 2.24) is 9.97 Å². The smallest absolute Gasteiger partial charge is 0.251 e. The van der Waals surface area contributed by atoms with Crippen LogP contribution in [0.4, 0.5) is 0 Å². The lowest BCUT2D eigenvalue weighted by Gasteiger charge is -2.05. The average molecular weight is 314 g/mol. The van der Waals surface area contributed by atoms with E-state index in [2.05, 4.69) is 25.9 Å². The number of aromatic amines is 1. The predicted octanol–water partition coefficient (Wildman–Crippen LogP) is 3.42. The Hall–Kier alpha value is -1.13. The molecule has 0 amide bonds. The van der Waals surface area contributed by atoms with Crippen molar-refractivity contribution in [2.24, 2.45) is 0 Å². The number of hydrogen-bond acceptors (Lipinski definition) is 2. The summed E-state index contributed by atoms with van der Waals surface area (Å²) in [7, 11) is 0. The van der Waals surface area contributed by atoms with Crippen molar-refractivity contribution < 1.29 is 0 Å². The van der Waals surface area contributed by atoms with Gasteiger partial charge in [0.25, 0.3) is 5.56 Å². The van der Waals surface area contributed by atoms with Crippen LogP contribution in [0.3, 0.4) is 0 Å². The van der Waals surface area contributed by atoms with Gasteiger partial charge in [0.15, 0.2) is 0 Å². The molecule has 0 radical (unpaired) electrons. The first-order chi connectivity index (χ1) is 8.10. The van der Waals surface area contributed by atoms with Crippen LogP contribution in [0.5, 0.6) is 0 Å². The molecule has 0 unspecified atom stereocenters. The first-order valence-electron chi connectivity index (χ1n) is 5.16.